The van der Waals surface area contributed by atoms with Gasteiger partial charge in [0.1, 0.15) is 38.7 Å². The highest BCUT2D eigenvalue weighted by molar-refractivity contribution is 6.36. The maximum Gasteiger partial charge on any atom is 0.416 e. The number of amides is 3. The molecule has 3 saturated heterocycles. The number of piperidine rings is 3. The standard InChI is InChI=1S/C28H23Cl3F3N3O.C27H23Cl3FN3O.C27H23ClF3N3O/c29-21-5-3-18(23(30)16-21)2-1-11-36-12-8-27(9-13-36)17-37(26(38)19-7-10-35-25(31)14-19)24-6-4-20(15-22(24)27)28(32,33)34;28-20-4-3-18(23(29)15-20)2-1-11-33-12-8-27(9-13-33)17-34(24-6-5-21(31)16-22(24)27)26(35)19-7-10-32-25(30)14-19;28-25-14-19(7-10-32-25)26(35)34-17-27(22-15-20(29)5-6-24(22)34)8-12-33(13-9-27)11-1-2-18-3-4-21(30)16-23(18)31/h1-7,10,14-16H,8-9,11-13,17H2;2*1-7,10,14-16H,8-9,11-13,17H2/b3*2-1+. The van der Waals surface area contributed by atoms with Gasteiger partial charge in [-0.3, -0.25) is 29.1 Å². The van der Waals surface area contributed by atoms with Crippen LogP contribution in [-0.4, -0.2) is 126 Å². The van der Waals surface area contributed by atoms with Crippen LogP contribution in [0.1, 0.15) is 109 Å². The Morgan fingerprint density at radius 2 is 0.713 bits per heavy atom. The molecule has 0 bridgehead atoms. The van der Waals surface area contributed by atoms with Crippen molar-refractivity contribution in [1.29, 1.82) is 0 Å². The summed E-state index contributed by atoms with van der Waals surface area (Å²) in [6, 6.07) is 36.7. The molecule has 558 valence electrons. The van der Waals surface area contributed by atoms with Crippen molar-refractivity contribution in [3.05, 3.63) is 297 Å². The Hall–Kier alpha value is -8.18. The zero-order valence-electron chi connectivity index (χ0n) is 57.8. The Bertz CT molecular complexity index is 4780. The second-order valence-corrected chi connectivity index (χ2v) is 30.6. The predicted molar refractivity (Wildman–Crippen MR) is 415 cm³/mol. The summed E-state index contributed by atoms with van der Waals surface area (Å²) < 4.78 is 96.4. The van der Waals surface area contributed by atoms with E-state index in [-0.39, 0.29) is 55.6 Å². The summed E-state index contributed by atoms with van der Waals surface area (Å²) >= 11 is 42.4. The maximum absolute atomic E-state index is 14.3. The summed E-state index contributed by atoms with van der Waals surface area (Å²) in [5.74, 6) is -2.45. The van der Waals surface area contributed by atoms with Gasteiger partial charge in [0, 0.05) is 140 Å². The largest absolute Gasteiger partial charge is 0.416 e. The van der Waals surface area contributed by atoms with Crippen molar-refractivity contribution >= 4 is 134 Å². The Kier molecular flexibility index (Phi) is 23.9. The van der Waals surface area contributed by atoms with E-state index >= 15 is 0 Å². The Labute approximate surface area is 655 Å². The first kappa shape index (κ1) is 78.0. The number of anilines is 3. The summed E-state index contributed by atoms with van der Waals surface area (Å²) in [6.07, 6.45) is 16.0. The molecule has 3 fully saturated rings. The number of aromatic nitrogens is 3. The van der Waals surface area contributed by atoms with Crippen LogP contribution < -0.4 is 14.7 Å². The molecule has 6 aliphatic heterocycles. The van der Waals surface area contributed by atoms with Crippen LogP contribution in [-0.2, 0) is 22.4 Å². The van der Waals surface area contributed by atoms with Gasteiger partial charge in [-0.05, 0) is 233 Å². The molecule has 0 radical (unpaired) electrons. The fraction of sp³-hybridized carbons (Fsp3) is 0.268. The minimum Gasteiger partial charge on any atom is -0.307 e. The number of alkyl halides is 3. The van der Waals surface area contributed by atoms with Gasteiger partial charge in [0.25, 0.3) is 17.7 Å². The van der Waals surface area contributed by atoms with Crippen LogP contribution in [0.3, 0.4) is 0 Å². The molecule has 9 aromatic rings. The number of carbonyl (C=O) groups is 3. The molecule has 0 aliphatic carbocycles. The molecule has 3 aromatic heterocycles. The second-order valence-electron chi connectivity index (χ2n) is 27.8. The lowest BCUT2D eigenvalue weighted by Crippen LogP contribution is -2.46. The lowest BCUT2D eigenvalue weighted by Gasteiger charge is -2.39. The SMILES string of the molecule is O=C(c1ccnc(Cl)c1)N1CC2(CCN(C/C=C/c3ccc(Cl)cc3Cl)CC2)c2cc(C(F)(F)F)ccc21.O=C(c1ccnc(Cl)c1)N1CC2(CCN(C/C=C/c3ccc(Cl)cc3Cl)CC2)c2cc(F)ccc21.O=C(c1ccnc(Cl)c1)N1CC2(CCN(C/C=C/c3ccc(F)cc3F)CC2)c2cc(F)ccc21. The van der Waals surface area contributed by atoms with E-state index in [1.165, 1.54) is 67.1 Å². The molecule has 0 atom stereocenters. The number of hydrogen-bond acceptors (Lipinski definition) is 9. The van der Waals surface area contributed by atoms with Gasteiger partial charge in [0.05, 0.1) is 5.56 Å². The zero-order chi connectivity index (χ0) is 76.2. The molecule has 9 heterocycles. The topological polar surface area (TPSA) is 109 Å². The van der Waals surface area contributed by atoms with Crippen molar-refractivity contribution in [3.63, 3.8) is 0 Å². The monoisotopic (exact) mass is 1610 g/mol. The van der Waals surface area contributed by atoms with Crippen LogP contribution in [0, 0.1) is 23.3 Å². The molecule has 108 heavy (non-hydrogen) atoms. The average molecular weight is 1610 g/mol. The van der Waals surface area contributed by atoms with Gasteiger partial charge in [0.2, 0.25) is 0 Å². The van der Waals surface area contributed by atoms with Crippen molar-refractivity contribution in [2.24, 2.45) is 0 Å². The number of benzene rings is 6. The molecule has 6 aliphatic rings. The quantitative estimate of drug-likeness (QED) is 0.0872. The van der Waals surface area contributed by atoms with Gasteiger partial charge in [0.15, 0.2) is 0 Å². The summed E-state index contributed by atoms with van der Waals surface area (Å²) in [6.45, 7) is 7.90. The van der Waals surface area contributed by atoms with E-state index in [4.69, 9.17) is 81.2 Å². The molecule has 26 heteroatoms. The van der Waals surface area contributed by atoms with Crippen LogP contribution in [0.25, 0.3) is 18.2 Å². The van der Waals surface area contributed by atoms with E-state index in [1.54, 1.807) is 87.5 Å². The van der Waals surface area contributed by atoms with E-state index in [2.05, 4.69) is 35.7 Å². The molecule has 6 aromatic carbocycles. The van der Waals surface area contributed by atoms with Crippen LogP contribution in [0.4, 0.5) is 47.8 Å². The maximum atomic E-state index is 14.3. The van der Waals surface area contributed by atoms with E-state index < -0.39 is 28.8 Å². The minimum atomic E-state index is -4.47. The Balaban J connectivity index is 0.000000143. The van der Waals surface area contributed by atoms with E-state index in [9.17, 15) is 45.1 Å². The molecule has 3 spiro atoms. The van der Waals surface area contributed by atoms with Crippen molar-refractivity contribution in [3.8, 4) is 0 Å². The van der Waals surface area contributed by atoms with E-state index in [1.807, 2.05) is 42.5 Å². The molecule has 0 unspecified atom stereocenters. The van der Waals surface area contributed by atoms with E-state index in [0.29, 0.717) is 112 Å². The zero-order valence-corrected chi connectivity index (χ0v) is 63.1. The first-order chi connectivity index (χ1) is 51.7. The number of hydrogen-bond donors (Lipinski definition) is 0. The average Bonchev–Trinajstić information content (AvgIpc) is 1.60. The number of rotatable bonds is 12. The molecular weight excluding hydrogens is 1540 g/mol. The van der Waals surface area contributed by atoms with Crippen LogP contribution >= 0.6 is 81.2 Å². The smallest absolute Gasteiger partial charge is 0.307 e. The summed E-state index contributed by atoms with van der Waals surface area (Å²) in [5, 5.41) is 3.06. The predicted octanol–water partition coefficient (Wildman–Crippen LogP) is 20.5. The second kappa shape index (κ2) is 33.2. The molecule has 15 rings (SSSR count). The highest BCUT2D eigenvalue weighted by atomic mass is 35.5. The van der Waals surface area contributed by atoms with Gasteiger partial charge in [-0.15, -0.1) is 0 Å². The minimum absolute atomic E-state index is 0.149. The third kappa shape index (κ3) is 17.5. The first-order valence-corrected chi connectivity index (χ1v) is 37.5. The fourth-order valence-electron chi connectivity index (χ4n) is 15.4. The number of likely N-dealkylation sites (tertiary alicyclic amines) is 3. The van der Waals surface area contributed by atoms with E-state index in [0.717, 1.165) is 104 Å². The number of halogens is 14. The Morgan fingerprint density at radius 1 is 0.389 bits per heavy atom. The van der Waals surface area contributed by atoms with Gasteiger partial charge in [-0.25, -0.2) is 32.5 Å². The van der Waals surface area contributed by atoms with Crippen molar-refractivity contribution < 1.29 is 45.1 Å². The molecule has 12 nitrogen and oxygen atoms in total. The third-order valence-electron chi connectivity index (χ3n) is 21.2. The molecular formula is C82H69Cl7F7N9O3. The molecule has 0 N–H and O–H groups in total. The van der Waals surface area contributed by atoms with Crippen molar-refractivity contribution in [2.45, 2.75) is 60.9 Å². The van der Waals surface area contributed by atoms with Gasteiger partial charge >= 0.3 is 6.18 Å². The summed E-state index contributed by atoms with van der Waals surface area (Å²) in [5.41, 5.74) is 5.85. The summed E-state index contributed by atoms with van der Waals surface area (Å²) in [7, 11) is 0. The van der Waals surface area contributed by atoms with Crippen molar-refractivity contribution in [1.82, 2.24) is 29.7 Å². The molecule has 0 saturated carbocycles. The number of fused-ring (bicyclic) bond motifs is 6. The number of nitrogens with zero attached hydrogens (tertiary/aromatic N) is 9. The van der Waals surface area contributed by atoms with Crippen LogP contribution in [0.15, 0.2) is 182 Å². The molecule has 3 amide bonds. The normalized spacial score (nSPS) is 17.3. The Morgan fingerprint density at radius 3 is 1.06 bits per heavy atom. The van der Waals surface area contributed by atoms with Crippen molar-refractivity contribution in [2.75, 3.05) is 93.2 Å². The highest BCUT2D eigenvalue weighted by Gasteiger charge is 2.50. The van der Waals surface area contributed by atoms with Gasteiger partial charge in [-0.2, -0.15) is 13.2 Å². The van der Waals surface area contributed by atoms with Gasteiger partial charge < -0.3 is 14.7 Å². The lowest BCUT2D eigenvalue weighted by atomic mass is 9.74. The number of pyridine rings is 3. The van der Waals surface area contributed by atoms with Crippen LogP contribution in [0.2, 0.25) is 35.5 Å². The highest BCUT2D eigenvalue weighted by Crippen LogP contribution is 2.52. The third-order valence-corrected chi connectivity index (χ3v) is 22.9. The first-order valence-electron chi connectivity index (χ1n) is 34.9. The lowest BCUT2D eigenvalue weighted by molar-refractivity contribution is -0.137. The fourth-order valence-corrected chi connectivity index (χ4v) is 16.9. The summed E-state index contributed by atoms with van der Waals surface area (Å²) in [4.78, 5) is 63.9. The number of carbonyl (C=O) groups excluding carboxylic acids is 3. The van der Waals surface area contributed by atoms with Crippen LogP contribution in [0.5, 0.6) is 0 Å². The van der Waals surface area contributed by atoms with Gasteiger partial charge in [-0.1, -0.05) is 130 Å².